The quantitative estimate of drug-likeness (QED) is 0.452. The van der Waals surface area contributed by atoms with Crippen molar-refractivity contribution in [1.82, 2.24) is 0 Å². The molecule has 0 spiro atoms. The monoisotopic (exact) mass is 334 g/mol. The number of rotatable bonds is 3. The highest BCUT2D eigenvalue weighted by Gasteiger charge is 2.29. The van der Waals surface area contributed by atoms with Crippen LogP contribution in [-0.4, -0.2) is 0 Å². The van der Waals surface area contributed by atoms with Crippen molar-refractivity contribution in [3.8, 4) is 0 Å². The highest BCUT2D eigenvalue weighted by atomic mass is 14.3. The second kappa shape index (κ2) is 11.5. The second-order valence-corrected chi connectivity index (χ2v) is 7.88. The summed E-state index contributed by atoms with van der Waals surface area (Å²) < 4.78 is 0. The molecule has 142 valence electrons. The van der Waals surface area contributed by atoms with E-state index in [0.717, 1.165) is 18.8 Å². The van der Waals surface area contributed by atoms with Gasteiger partial charge in [0, 0.05) is 0 Å². The summed E-state index contributed by atoms with van der Waals surface area (Å²) in [6.45, 7) is 20.3. The third-order valence-corrected chi connectivity index (χ3v) is 4.81. The molecule has 0 amide bonds. The van der Waals surface area contributed by atoms with E-state index in [9.17, 15) is 0 Å². The summed E-state index contributed by atoms with van der Waals surface area (Å²) in [6.07, 6.45) is 9.47. The molecule has 1 fully saturated rings. The molecule has 1 rings (SSSR count). The van der Waals surface area contributed by atoms with Crippen molar-refractivity contribution in [1.29, 1.82) is 0 Å². The molecule has 1 aliphatic rings. The lowest BCUT2D eigenvalue weighted by Crippen LogP contribution is -2.24. The fraction of sp³-hybridized carbons (Fsp3) is 0.667. The fourth-order valence-corrected chi connectivity index (χ4v) is 2.81. The van der Waals surface area contributed by atoms with Gasteiger partial charge in [-0.3, -0.25) is 0 Å². The molecule has 0 aromatic carbocycles. The van der Waals surface area contributed by atoms with Crippen molar-refractivity contribution in [2.45, 2.75) is 96.4 Å². The van der Waals surface area contributed by atoms with Crippen LogP contribution in [0.3, 0.4) is 0 Å². The Morgan fingerprint density at radius 1 is 1.12 bits per heavy atom. The summed E-state index contributed by atoms with van der Waals surface area (Å²) in [7, 11) is 0. The van der Waals surface area contributed by atoms with Crippen molar-refractivity contribution in [3.05, 3.63) is 46.6 Å². The highest BCUT2D eigenvalue weighted by molar-refractivity contribution is 5.44. The first-order valence-corrected chi connectivity index (χ1v) is 8.38. The molecule has 24 heavy (non-hydrogen) atoms. The molecule has 1 aliphatic carbocycles. The van der Waals surface area contributed by atoms with E-state index in [-0.39, 0.29) is 22.3 Å². The van der Waals surface area contributed by atoms with Gasteiger partial charge in [0.2, 0.25) is 0 Å². The van der Waals surface area contributed by atoms with Crippen LogP contribution in [0.25, 0.3) is 0 Å². The molecule has 0 saturated heterocycles. The van der Waals surface area contributed by atoms with E-state index in [1.807, 2.05) is 0 Å². The Morgan fingerprint density at radius 3 is 2.08 bits per heavy atom. The van der Waals surface area contributed by atoms with Crippen LogP contribution in [0.4, 0.5) is 0 Å². The Balaban J connectivity index is -0.00000147. The zero-order valence-electron chi connectivity index (χ0n) is 15.3. The van der Waals surface area contributed by atoms with Crippen LogP contribution in [-0.2, 0) is 0 Å². The summed E-state index contributed by atoms with van der Waals surface area (Å²) in [6, 6.07) is 0. The first-order valence-electron chi connectivity index (χ1n) is 8.38. The van der Waals surface area contributed by atoms with Crippen molar-refractivity contribution in [2.24, 2.45) is 11.3 Å². The van der Waals surface area contributed by atoms with Crippen molar-refractivity contribution in [3.63, 3.8) is 0 Å². The summed E-state index contributed by atoms with van der Waals surface area (Å²) in [4.78, 5) is 0. The summed E-state index contributed by atoms with van der Waals surface area (Å²) in [5.74, 6) is 0.768. The Morgan fingerprint density at radius 2 is 1.67 bits per heavy atom. The van der Waals surface area contributed by atoms with Crippen LogP contribution >= 0.6 is 0 Å². The third-order valence-electron chi connectivity index (χ3n) is 4.81. The number of hydrogen-bond acceptors (Lipinski definition) is 0. The lowest BCUT2D eigenvalue weighted by atomic mass is 9.69. The Bertz CT molecular complexity index is 471. The largest absolute Gasteiger partial charge is 0.0956 e. The number of allylic oxidation sites excluding steroid dienone is 7. The van der Waals surface area contributed by atoms with Crippen LogP contribution in [0.1, 0.15) is 96.4 Å². The normalized spacial score (nSPS) is 19.8. The summed E-state index contributed by atoms with van der Waals surface area (Å²) >= 11 is 0. The van der Waals surface area contributed by atoms with E-state index in [1.54, 1.807) is 0 Å². The second-order valence-electron chi connectivity index (χ2n) is 7.88. The van der Waals surface area contributed by atoms with E-state index in [0.29, 0.717) is 5.41 Å². The van der Waals surface area contributed by atoms with Gasteiger partial charge in [-0.05, 0) is 68.9 Å². The minimum atomic E-state index is 0. The van der Waals surface area contributed by atoms with Gasteiger partial charge in [-0.1, -0.05) is 85.4 Å². The average Bonchev–Trinajstić information content (AvgIpc) is 2.38. The van der Waals surface area contributed by atoms with Gasteiger partial charge in [-0.15, -0.1) is 0 Å². The molecule has 1 unspecified atom stereocenters. The molecule has 1 saturated carbocycles. The predicted molar refractivity (Wildman–Crippen MR) is 117 cm³/mol. The fourth-order valence-electron chi connectivity index (χ4n) is 2.81. The maximum Gasteiger partial charge on any atom is -0.0243 e. The smallest absolute Gasteiger partial charge is 0.0243 e. The van der Waals surface area contributed by atoms with Gasteiger partial charge < -0.3 is 0 Å². The van der Waals surface area contributed by atoms with Crippen LogP contribution in [0, 0.1) is 11.3 Å². The molecule has 0 aromatic heterocycles. The first-order chi connectivity index (χ1) is 9.65. The van der Waals surface area contributed by atoms with Gasteiger partial charge in [0.25, 0.3) is 0 Å². The maximum absolute atomic E-state index is 4.31. The lowest BCUT2D eigenvalue weighted by Gasteiger charge is -2.36. The van der Waals surface area contributed by atoms with Crippen LogP contribution in [0.2, 0.25) is 0 Å². The standard InChI is InChI=1S/C21H34.3CH4/c1-9-16(4)12-18(15(2)3)13-19-14-20(21(6,7)8)11-10-17(19)5;;;/h12-13,20H,5,9-11,14H2,1-4,6-8H3;3*1H4/b16-12+,19-13-;;;. The van der Waals surface area contributed by atoms with Crippen LogP contribution < -0.4 is 0 Å². The van der Waals surface area contributed by atoms with Crippen molar-refractivity contribution >= 4 is 0 Å². The Labute approximate surface area is 154 Å². The Kier molecular flexibility index (Phi) is 13.3. The molecule has 0 aromatic rings. The predicted octanol–water partition coefficient (Wildman–Crippen LogP) is 8.92. The van der Waals surface area contributed by atoms with Crippen molar-refractivity contribution < 1.29 is 0 Å². The van der Waals surface area contributed by atoms with E-state index >= 15 is 0 Å². The van der Waals surface area contributed by atoms with E-state index in [1.165, 1.54) is 40.7 Å². The van der Waals surface area contributed by atoms with E-state index < -0.39 is 0 Å². The Hall–Kier alpha value is -1.04. The molecule has 0 heteroatoms. The first kappa shape index (κ1) is 27.8. The molecule has 0 radical (unpaired) electrons. The molecular formula is C24H46. The number of hydrogen-bond donors (Lipinski definition) is 0. The molecule has 0 bridgehead atoms. The van der Waals surface area contributed by atoms with Crippen LogP contribution in [0.5, 0.6) is 0 Å². The molecule has 0 aliphatic heterocycles. The van der Waals surface area contributed by atoms with E-state index in [2.05, 4.69) is 67.2 Å². The third kappa shape index (κ3) is 8.18. The van der Waals surface area contributed by atoms with E-state index in [4.69, 9.17) is 0 Å². The molecule has 0 nitrogen and oxygen atoms in total. The maximum atomic E-state index is 4.31. The summed E-state index contributed by atoms with van der Waals surface area (Å²) in [5, 5.41) is 0. The van der Waals surface area contributed by atoms with Gasteiger partial charge in [0.05, 0.1) is 0 Å². The summed E-state index contributed by atoms with van der Waals surface area (Å²) in [5.41, 5.74) is 7.41. The average molecular weight is 335 g/mol. The van der Waals surface area contributed by atoms with Gasteiger partial charge in [-0.25, -0.2) is 0 Å². The molecule has 0 N–H and O–H groups in total. The van der Waals surface area contributed by atoms with Crippen molar-refractivity contribution in [2.75, 3.05) is 0 Å². The minimum absolute atomic E-state index is 0. The van der Waals surface area contributed by atoms with Gasteiger partial charge in [0.15, 0.2) is 0 Å². The minimum Gasteiger partial charge on any atom is -0.0956 e. The molecule has 1 atom stereocenters. The highest BCUT2D eigenvalue weighted by Crippen LogP contribution is 2.42. The van der Waals surface area contributed by atoms with Gasteiger partial charge >= 0.3 is 0 Å². The van der Waals surface area contributed by atoms with Gasteiger partial charge in [-0.2, -0.15) is 0 Å². The lowest BCUT2D eigenvalue weighted by molar-refractivity contribution is 0.215. The zero-order chi connectivity index (χ0) is 16.2. The zero-order valence-corrected chi connectivity index (χ0v) is 15.3. The van der Waals surface area contributed by atoms with Gasteiger partial charge in [0.1, 0.15) is 0 Å². The molecule has 0 heterocycles. The topological polar surface area (TPSA) is 0 Å². The molecular weight excluding hydrogens is 288 g/mol. The SMILES string of the molecule is C.C.C.C=C1CCC(C(C)(C)C)C/C1=C/C(/C=C(\C)CC)=C(C)C. The van der Waals surface area contributed by atoms with Crippen LogP contribution in [0.15, 0.2) is 46.6 Å².